The highest BCUT2D eigenvalue weighted by molar-refractivity contribution is 9.09. The standard InChI is InChI=1S/C20H25BrO3/c1-2-24-20(23)18(15-9-5-3-6-10-15)12-8-4-7-11-16-13-17(21)14-19(16)22/h3,5-6,9-10,13,17-18H,2,4,7-8,11-12,14H2,1H3. The number of esters is 1. The van der Waals surface area contributed by atoms with E-state index in [-0.39, 0.29) is 22.5 Å². The summed E-state index contributed by atoms with van der Waals surface area (Å²) < 4.78 is 5.22. The molecule has 2 rings (SSSR count). The van der Waals surface area contributed by atoms with Gasteiger partial charge in [0, 0.05) is 11.2 Å². The molecule has 0 fully saturated rings. The van der Waals surface area contributed by atoms with Crippen LogP contribution in [0.2, 0.25) is 0 Å². The Labute approximate surface area is 152 Å². The first kappa shape index (κ1) is 18.9. The summed E-state index contributed by atoms with van der Waals surface area (Å²) in [5.74, 6) is -0.0597. The molecule has 0 saturated carbocycles. The van der Waals surface area contributed by atoms with Crippen LogP contribution in [0.15, 0.2) is 42.0 Å². The molecule has 1 aromatic rings. The highest BCUT2D eigenvalue weighted by Gasteiger charge is 2.22. The molecule has 0 spiro atoms. The van der Waals surface area contributed by atoms with E-state index in [1.807, 2.05) is 43.3 Å². The molecule has 0 N–H and O–H groups in total. The van der Waals surface area contributed by atoms with Gasteiger partial charge in [0.2, 0.25) is 0 Å². The zero-order valence-electron chi connectivity index (χ0n) is 14.2. The number of ketones is 1. The lowest BCUT2D eigenvalue weighted by Crippen LogP contribution is -2.16. The molecule has 0 aliphatic heterocycles. The predicted octanol–water partition coefficient (Wildman–Crippen LogP) is 4.95. The van der Waals surface area contributed by atoms with Crippen molar-refractivity contribution in [3.63, 3.8) is 0 Å². The van der Waals surface area contributed by atoms with E-state index >= 15 is 0 Å². The van der Waals surface area contributed by atoms with E-state index in [0.717, 1.165) is 43.2 Å². The van der Waals surface area contributed by atoms with Gasteiger partial charge < -0.3 is 4.74 Å². The van der Waals surface area contributed by atoms with Crippen LogP contribution in [0, 0.1) is 0 Å². The molecule has 0 amide bonds. The predicted molar refractivity (Wildman–Crippen MR) is 99.3 cm³/mol. The third-order valence-electron chi connectivity index (χ3n) is 4.33. The number of allylic oxidation sites excluding steroid dienone is 2. The quantitative estimate of drug-likeness (QED) is 0.339. The van der Waals surface area contributed by atoms with Crippen LogP contribution in [0.25, 0.3) is 0 Å². The number of benzene rings is 1. The Hall–Kier alpha value is -1.42. The summed E-state index contributed by atoms with van der Waals surface area (Å²) in [4.78, 5) is 24.2. The lowest BCUT2D eigenvalue weighted by atomic mass is 9.92. The fourth-order valence-corrected chi connectivity index (χ4v) is 3.70. The van der Waals surface area contributed by atoms with Crippen molar-refractivity contribution in [3.05, 3.63) is 47.5 Å². The number of Topliss-reactive ketones (excluding diaryl/α,β-unsaturated/α-hetero) is 1. The highest BCUT2D eigenvalue weighted by atomic mass is 79.9. The first-order valence-electron chi connectivity index (χ1n) is 8.71. The Bertz CT molecular complexity index is 580. The molecule has 1 aliphatic carbocycles. The summed E-state index contributed by atoms with van der Waals surface area (Å²) in [6, 6.07) is 9.83. The number of hydrogen-bond acceptors (Lipinski definition) is 3. The van der Waals surface area contributed by atoms with Gasteiger partial charge in [-0.1, -0.05) is 65.2 Å². The van der Waals surface area contributed by atoms with Crippen LogP contribution < -0.4 is 0 Å². The number of alkyl halides is 1. The van der Waals surface area contributed by atoms with Crippen molar-refractivity contribution in [2.24, 2.45) is 0 Å². The Kier molecular flexibility index (Phi) is 7.70. The average molecular weight is 393 g/mol. The second kappa shape index (κ2) is 9.77. The largest absolute Gasteiger partial charge is 0.466 e. The Balaban J connectivity index is 1.80. The van der Waals surface area contributed by atoms with Crippen molar-refractivity contribution < 1.29 is 14.3 Å². The van der Waals surface area contributed by atoms with Crippen LogP contribution in [0.5, 0.6) is 0 Å². The van der Waals surface area contributed by atoms with E-state index < -0.39 is 0 Å². The van der Waals surface area contributed by atoms with Gasteiger partial charge in [-0.3, -0.25) is 9.59 Å². The Morgan fingerprint density at radius 1 is 1.25 bits per heavy atom. The van der Waals surface area contributed by atoms with Crippen molar-refractivity contribution >= 4 is 27.7 Å². The van der Waals surface area contributed by atoms with Crippen LogP contribution in [0.3, 0.4) is 0 Å². The molecule has 2 atom stereocenters. The summed E-state index contributed by atoms with van der Waals surface area (Å²) in [5.41, 5.74) is 1.98. The van der Waals surface area contributed by atoms with E-state index in [9.17, 15) is 9.59 Å². The molecular weight excluding hydrogens is 368 g/mol. The Morgan fingerprint density at radius 2 is 2.00 bits per heavy atom. The van der Waals surface area contributed by atoms with Crippen LogP contribution in [-0.2, 0) is 14.3 Å². The summed E-state index contributed by atoms with van der Waals surface area (Å²) in [7, 11) is 0. The SMILES string of the molecule is CCOC(=O)C(CCCCCC1=CC(Br)CC1=O)c1ccccc1. The molecule has 0 heterocycles. The molecule has 1 aliphatic rings. The molecule has 4 heteroatoms. The maximum atomic E-state index is 12.2. The van der Waals surface area contributed by atoms with Gasteiger partial charge in [0.05, 0.1) is 12.5 Å². The molecule has 1 aromatic carbocycles. The minimum atomic E-state index is -0.189. The van der Waals surface area contributed by atoms with E-state index in [1.54, 1.807) is 0 Å². The van der Waals surface area contributed by atoms with Crippen molar-refractivity contribution in [3.8, 4) is 0 Å². The van der Waals surface area contributed by atoms with Crippen LogP contribution in [0.1, 0.15) is 56.9 Å². The molecule has 0 saturated heterocycles. The van der Waals surface area contributed by atoms with Crippen molar-refractivity contribution in [1.29, 1.82) is 0 Å². The van der Waals surface area contributed by atoms with Gasteiger partial charge in [0.1, 0.15) is 0 Å². The number of carbonyl (C=O) groups is 2. The maximum absolute atomic E-state index is 12.2. The lowest BCUT2D eigenvalue weighted by Gasteiger charge is -2.16. The van der Waals surface area contributed by atoms with Gasteiger partial charge in [-0.2, -0.15) is 0 Å². The van der Waals surface area contributed by atoms with E-state index in [4.69, 9.17) is 4.74 Å². The molecule has 0 aromatic heterocycles. The van der Waals surface area contributed by atoms with Gasteiger partial charge in [0.15, 0.2) is 5.78 Å². The number of halogens is 1. The molecule has 0 bridgehead atoms. The summed E-state index contributed by atoms with van der Waals surface area (Å²) in [6.45, 7) is 2.25. The normalized spacial score (nSPS) is 18.3. The zero-order chi connectivity index (χ0) is 17.4. The first-order valence-corrected chi connectivity index (χ1v) is 9.63. The van der Waals surface area contributed by atoms with Crippen LogP contribution >= 0.6 is 15.9 Å². The first-order chi connectivity index (χ1) is 11.6. The van der Waals surface area contributed by atoms with Crippen molar-refractivity contribution in [2.75, 3.05) is 6.61 Å². The monoisotopic (exact) mass is 392 g/mol. The highest BCUT2D eigenvalue weighted by Crippen LogP contribution is 2.27. The molecule has 0 radical (unpaired) electrons. The number of ether oxygens (including phenoxy) is 1. The summed E-state index contributed by atoms with van der Waals surface area (Å²) in [6.07, 6.45) is 7.22. The van der Waals surface area contributed by atoms with Crippen molar-refractivity contribution in [1.82, 2.24) is 0 Å². The number of hydrogen-bond donors (Lipinski definition) is 0. The topological polar surface area (TPSA) is 43.4 Å². The van der Waals surface area contributed by atoms with Gasteiger partial charge in [-0.15, -0.1) is 0 Å². The summed E-state index contributed by atoms with van der Waals surface area (Å²) in [5, 5.41) is 0. The number of carbonyl (C=O) groups excluding carboxylic acids is 2. The number of rotatable bonds is 9. The van der Waals surface area contributed by atoms with Gasteiger partial charge in [-0.05, 0) is 37.3 Å². The van der Waals surface area contributed by atoms with Gasteiger partial charge in [0.25, 0.3) is 0 Å². The van der Waals surface area contributed by atoms with E-state index in [2.05, 4.69) is 15.9 Å². The third kappa shape index (κ3) is 5.59. The second-order valence-electron chi connectivity index (χ2n) is 6.15. The molecular formula is C20H25BrO3. The molecule has 2 unspecified atom stereocenters. The fraction of sp³-hybridized carbons (Fsp3) is 0.500. The molecule has 3 nitrogen and oxygen atoms in total. The smallest absolute Gasteiger partial charge is 0.313 e. The van der Waals surface area contributed by atoms with Crippen molar-refractivity contribution in [2.45, 2.75) is 56.2 Å². The average Bonchev–Trinajstić information content (AvgIpc) is 2.89. The second-order valence-corrected chi connectivity index (χ2v) is 7.33. The molecule has 24 heavy (non-hydrogen) atoms. The molecule has 130 valence electrons. The van der Waals surface area contributed by atoms with Gasteiger partial charge in [-0.25, -0.2) is 0 Å². The minimum Gasteiger partial charge on any atom is -0.466 e. The third-order valence-corrected chi connectivity index (χ3v) is 4.92. The maximum Gasteiger partial charge on any atom is 0.313 e. The Morgan fingerprint density at radius 3 is 2.62 bits per heavy atom. The summed E-state index contributed by atoms with van der Waals surface area (Å²) >= 11 is 3.47. The lowest BCUT2D eigenvalue weighted by molar-refractivity contribution is -0.145. The van der Waals surface area contributed by atoms with Gasteiger partial charge >= 0.3 is 5.97 Å². The zero-order valence-corrected chi connectivity index (χ0v) is 15.8. The van der Waals surface area contributed by atoms with E-state index in [1.165, 1.54) is 0 Å². The number of unbranched alkanes of at least 4 members (excludes halogenated alkanes) is 2. The van der Waals surface area contributed by atoms with Crippen LogP contribution in [-0.4, -0.2) is 23.2 Å². The van der Waals surface area contributed by atoms with Crippen LogP contribution in [0.4, 0.5) is 0 Å². The van der Waals surface area contributed by atoms with E-state index in [0.29, 0.717) is 13.0 Å². The minimum absolute atomic E-state index is 0.139. The fourth-order valence-electron chi connectivity index (χ4n) is 3.09.